The summed E-state index contributed by atoms with van der Waals surface area (Å²) in [5.41, 5.74) is 9.92. The van der Waals surface area contributed by atoms with Crippen molar-refractivity contribution in [3.8, 4) is 53.9 Å². The highest BCUT2D eigenvalue weighted by atomic mass is 32.3. The second kappa shape index (κ2) is 31.2. The van der Waals surface area contributed by atoms with Gasteiger partial charge in [0.1, 0.15) is 23.3 Å². The third-order valence-corrected chi connectivity index (χ3v) is 26.3. The molecular formula is C64H60N2O4S10. The number of hydrogen-bond donors (Lipinski definition) is 2. The number of carboxylic acids is 2. The molecular weight excluding hydrogens is 1180 g/mol. The van der Waals surface area contributed by atoms with Gasteiger partial charge >= 0.3 is 11.9 Å². The molecule has 2 aliphatic heterocycles. The Hall–Kier alpha value is -4.56. The second-order valence-corrected chi connectivity index (χ2v) is 30.6. The van der Waals surface area contributed by atoms with Crippen molar-refractivity contribution in [1.29, 1.82) is 10.5 Å². The predicted molar refractivity (Wildman–Crippen MR) is 361 cm³/mol. The van der Waals surface area contributed by atoms with E-state index in [1.165, 1.54) is 85.5 Å². The van der Waals surface area contributed by atoms with Gasteiger partial charge in [-0.2, -0.15) is 10.5 Å². The molecule has 2 N–H and O–H groups in total. The summed E-state index contributed by atoms with van der Waals surface area (Å²) in [5.74, 6) is 1.90. The Kier molecular flexibility index (Phi) is 24.0. The Morgan fingerprint density at radius 1 is 0.425 bits per heavy atom. The third-order valence-electron chi connectivity index (χ3n) is 12.5. The molecule has 410 valence electrons. The molecule has 16 heteroatoms. The van der Waals surface area contributed by atoms with E-state index in [4.69, 9.17) is 0 Å². The van der Waals surface area contributed by atoms with E-state index in [0.717, 1.165) is 90.5 Å². The fourth-order valence-corrected chi connectivity index (χ4v) is 22.7. The molecule has 0 spiro atoms. The Morgan fingerprint density at radius 3 is 0.925 bits per heavy atom. The van der Waals surface area contributed by atoms with E-state index in [-0.39, 0.29) is 11.1 Å². The summed E-state index contributed by atoms with van der Waals surface area (Å²) in [6.45, 7) is 9.09. The molecule has 80 heavy (non-hydrogen) atoms. The van der Waals surface area contributed by atoms with Crippen LogP contribution in [0.4, 0.5) is 0 Å². The first-order valence-corrected chi connectivity index (χ1v) is 35.4. The van der Waals surface area contributed by atoms with Crippen LogP contribution in [0, 0.1) is 22.7 Å². The van der Waals surface area contributed by atoms with Gasteiger partial charge in [-0.1, -0.05) is 197 Å². The van der Waals surface area contributed by atoms with Crippen LogP contribution in [0.3, 0.4) is 0 Å². The van der Waals surface area contributed by atoms with Crippen molar-refractivity contribution in [3.63, 3.8) is 0 Å². The molecule has 0 unspecified atom stereocenters. The maximum Gasteiger partial charge on any atom is 0.346 e. The van der Waals surface area contributed by atoms with Crippen LogP contribution in [0.25, 0.3) is 65.1 Å². The lowest BCUT2D eigenvalue weighted by molar-refractivity contribution is -0.133. The molecule has 2 aliphatic rings. The lowest BCUT2D eigenvalue weighted by Crippen LogP contribution is -1.97. The van der Waals surface area contributed by atoms with Crippen LogP contribution in [-0.2, 0) is 9.59 Å². The van der Waals surface area contributed by atoms with Crippen LogP contribution in [0.5, 0.6) is 0 Å². The Morgan fingerprint density at radius 2 is 0.688 bits per heavy atom. The normalized spacial score (nSPS) is 13.8. The number of unbranched alkanes of at least 4 members (excludes halogenated alkanes) is 4. The number of hydrogen-bond acceptors (Lipinski definition) is 14. The number of aliphatic carboxylic acids is 2. The maximum atomic E-state index is 11.5. The van der Waals surface area contributed by atoms with E-state index in [1.54, 1.807) is 34.8 Å². The number of thioether (sulfide) groups is 8. The van der Waals surface area contributed by atoms with Crippen LogP contribution >= 0.6 is 117 Å². The number of allylic oxidation sites excluding steroid dienone is 2. The van der Waals surface area contributed by atoms with Crippen molar-refractivity contribution in [2.24, 2.45) is 0 Å². The van der Waals surface area contributed by atoms with Gasteiger partial charge in [0.15, 0.2) is 0 Å². The molecule has 0 atom stereocenters. The van der Waals surface area contributed by atoms with E-state index in [1.807, 2.05) is 143 Å². The Bertz CT molecular complexity index is 3160. The zero-order valence-corrected chi connectivity index (χ0v) is 53.0. The zero-order valence-electron chi connectivity index (χ0n) is 44.9. The molecule has 0 amide bonds. The van der Waals surface area contributed by atoms with Crippen molar-refractivity contribution in [3.05, 3.63) is 180 Å². The molecule has 2 aromatic heterocycles. The average Bonchev–Trinajstić information content (AvgIpc) is 4.33. The largest absolute Gasteiger partial charge is 0.477 e. The highest BCUT2D eigenvalue weighted by Crippen LogP contribution is 2.65. The van der Waals surface area contributed by atoms with E-state index in [2.05, 4.69) is 100 Å². The number of thiophene rings is 2. The molecule has 0 radical (unpaired) electrons. The van der Waals surface area contributed by atoms with E-state index in [0.29, 0.717) is 11.1 Å². The van der Waals surface area contributed by atoms with Crippen molar-refractivity contribution in [1.82, 2.24) is 0 Å². The standard InChI is InChI=1S/C64H60N2O4S10/c1-5-9-33-71-61-62(72-34-10-6-2)78-59(77-61)55(47-25-21-45(22-26-47)53-31-29-51(75-53)43-17-13-41(14-18-43)37-49(39-65)57(67)68)56(60-79-63(73-35-11-7-3)64(80-60)74-36-12-8-4)48-27-23-46(24-28-48)54-32-30-52(76-54)44-19-15-42(16-20-44)38-50(40-66)58(69)70/h13-32,37-38H,5-12,33-36H2,1-4H3,(H,67,68)(H,69,70)/b49-37+,50-38+. The Balaban J connectivity index is 1.21. The Labute approximate surface area is 513 Å². The van der Waals surface area contributed by atoms with E-state index in [9.17, 15) is 30.3 Å². The van der Waals surface area contributed by atoms with Crippen molar-refractivity contribution in [2.75, 3.05) is 23.0 Å². The van der Waals surface area contributed by atoms with Crippen molar-refractivity contribution < 1.29 is 19.8 Å². The summed E-state index contributed by atoms with van der Waals surface area (Å²) in [4.78, 5) is 27.4. The summed E-state index contributed by atoms with van der Waals surface area (Å²) >= 11 is 19.4. The summed E-state index contributed by atoms with van der Waals surface area (Å²) < 4.78 is 8.29. The first-order valence-electron chi connectivity index (χ1n) is 26.6. The van der Waals surface area contributed by atoms with Crippen molar-refractivity contribution >= 4 is 152 Å². The summed E-state index contributed by atoms with van der Waals surface area (Å²) in [7, 11) is 0. The summed E-state index contributed by atoms with van der Waals surface area (Å²) in [5, 5.41) is 37.3. The smallest absolute Gasteiger partial charge is 0.346 e. The van der Waals surface area contributed by atoms with Crippen LogP contribution in [-0.4, -0.2) is 45.2 Å². The van der Waals surface area contributed by atoms with Crippen LogP contribution in [0.2, 0.25) is 0 Å². The summed E-state index contributed by atoms with van der Waals surface area (Å²) in [6.07, 6.45) is 12.1. The van der Waals surface area contributed by atoms with Crippen LogP contribution < -0.4 is 0 Å². The summed E-state index contributed by atoms with van der Waals surface area (Å²) in [6, 6.07) is 45.9. The van der Waals surface area contributed by atoms with Gasteiger partial charge in [0.05, 0.1) is 25.4 Å². The molecule has 0 saturated heterocycles. The third kappa shape index (κ3) is 16.4. The number of benzene rings is 4. The van der Waals surface area contributed by atoms with Gasteiger partial charge in [-0.3, -0.25) is 0 Å². The lowest BCUT2D eigenvalue weighted by Gasteiger charge is -2.19. The maximum absolute atomic E-state index is 11.5. The second-order valence-electron chi connectivity index (χ2n) is 18.4. The van der Waals surface area contributed by atoms with E-state index >= 15 is 0 Å². The van der Waals surface area contributed by atoms with Crippen molar-refractivity contribution in [2.45, 2.75) is 79.1 Å². The minimum absolute atomic E-state index is 0.299. The molecule has 4 aromatic carbocycles. The van der Waals surface area contributed by atoms with Gasteiger partial charge in [0, 0.05) is 30.7 Å². The molecule has 0 bridgehead atoms. The number of carboxylic acid groups (broad SMARTS) is 2. The highest BCUT2D eigenvalue weighted by molar-refractivity contribution is 8.41. The van der Waals surface area contributed by atoms with E-state index < -0.39 is 11.9 Å². The van der Waals surface area contributed by atoms with Gasteiger partial charge in [-0.05, 0) is 130 Å². The monoisotopic (exact) mass is 1240 g/mol. The molecule has 0 aliphatic carbocycles. The quantitative estimate of drug-likeness (QED) is 0.0289. The fraction of sp³-hybridized carbons (Fsp3) is 0.250. The van der Waals surface area contributed by atoms with Gasteiger partial charge in [-0.15, -0.1) is 69.7 Å². The first kappa shape index (κ1) is 61.5. The number of rotatable bonds is 27. The van der Waals surface area contributed by atoms with Gasteiger partial charge in [-0.25, -0.2) is 9.59 Å². The van der Waals surface area contributed by atoms with Gasteiger partial charge in [0.2, 0.25) is 0 Å². The highest BCUT2D eigenvalue weighted by Gasteiger charge is 2.32. The zero-order chi connectivity index (χ0) is 56.4. The first-order chi connectivity index (χ1) is 39.0. The molecule has 0 saturated carbocycles. The molecule has 0 fully saturated rings. The SMILES string of the molecule is CCCCSC1=C(SCCCC)SC(=C(C(=C2SC(SCCCC)=C(SCCCC)S2)c2ccc(-c3ccc(-c4ccc(/C=C(\C#N)C(=O)O)cc4)s3)cc2)c2ccc(-c3ccc(-c4ccc(/C=C(\C#N)C(=O)O)cc4)s3)cc2)S1. The van der Waals surface area contributed by atoms with Crippen LogP contribution in [0.15, 0.2) is 158 Å². The molecule has 6 nitrogen and oxygen atoms in total. The average molecular weight is 1240 g/mol. The minimum atomic E-state index is -1.24. The number of nitrogens with zero attached hydrogens (tertiary/aromatic N) is 2. The molecule has 8 rings (SSSR count). The number of carbonyl (C=O) groups is 2. The lowest BCUT2D eigenvalue weighted by atomic mass is 9.93. The molecule has 6 aromatic rings. The number of nitriles is 2. The fourth-order valence-electron chi connectivity index (χ4n) is 8.07. The predicted octanol–water partition coefficient (Wildman–Crippen LogP) is 21.8. The molecule has 4 heterocycles. The minimum Gasteiger partial charge on any atom is -0.477 e. The van der Waals surface area contributed by atoms with Gasteiger partial charge < -0.3 is 10.2 Å². The van der Waals surface area contributed by atoms with Gasteiger partial charge in [0.25, 0.3) is 0 Å². The topological polar surface area (TPSA) is 122 Å². The van der Waals surface area contributed by atoms with Crippen LogP contribution in [0.1, 0.15) is 101 Å².